The molecule has 5 nitrogen and oxygen atoms in total. The molecule has 2 aliphatic carbocycles. The van der Waals surface area contributed by atoms with Crippen molar-refractivity contribution in [3.63, 3.8) is 0 Å². The number of rotatable bonds is 5. The smallest absolute Gasteiger partial charge is 0.225 e. The van der Waals surface area contributed by atoms with Gasteiger partial charge in [-0.2, -0.15) is 0 Å². The van der Waals surface area contributed by atoms with Crippen molar-refractivity contribution >= 4 is 35.8 Å². The van der Waals surface area contributed by atoms with Crippen molar-refractivity contribution in [2.75, 3.05) is 26.7 Å². The van der Waals surface area contributed by atoms with Crippen LogP contribution < -0.4 is 10.6 Å². The average molecular weight is 488 g/mol. The van der Waals surface area contributed by atoms with E-state index in [-0.39, 0.29) is 29.9 Å². The predicted octanol–water partition coefficient (Wildman–Crippen LogP) is 3.84. The molecule has 27 heavy (non-hydrogen) atoms. The monoisotopic (exact) mass is 488 g/mol. The summed E-state index contributed by atoms with van der Waals surface area (Å²) in [6, 6.07) is 0.322. The largest absolute Gasteiger partial charge is 0.356 e. The normalized spacial score (nSPS) is 24.2. The molecule has 1 amide bonds. The lowest BCUT2D eigenvalue weighted by molar-refractivity contribution is -0.135. The number of amides is 1. The summed E-state index contributed by atoms with van der Waals surface area (Å²) in [5.74, 6) is 1.54. The lowest BCUT2D eigenvalue weighted by Crippen LogP contribution is -2.45. The first kappa shape index (κ1) is 22.5. The summed E-state index contributed by atoms with van der Waals surface area (Å²) in [4.78, 5) is 19.1. The Bertz CT molecular complexity index is 528. The van der Waals surface area contributed by atoms with Crippen LogP contribution >= 0.6 is 24.0 Å². The Kier molecular flexibility index (Phi) is 9.93. The van der Waals surface area contributed by atoms with E-state index in [1.54, 1.807) is 5.57 Å². The molecule has 6 heteroatoms. The molecule has 1 saturated heterocycles. The van der Waals surface area contributed by atoms with Gasteiger partial charge >= 0.3 is 0 Å². The summed E-state index contributed by atoms with van der Waals surface area (Å²) in [5, 5.41) is 6.96. The van der Waals surface area contributed by atoms with Crippen molar-refractivity contribution in [1.82, 2.24) is 15.5 Å². The number of allylic oxidation sites excluding steroid dienone is 1. The van der Waals surface area contributed by atoms with Crippen LogP contribution in [0.25, 0.3) is 0 Å². The van der Waals surface area contributed by atoms with Gasteiger partial charge in [-0.05, 0) is 51.4 Å². The number of hydrogen-bond donors (Lipinski definition) is 2. The van der Waals surface area contributed by atoms with Crippen molar-refractivity contribution in [2.45, 2.75) is 76.7 Å². The van der Waals surface area contributed by atoms with Crippen molar-refractivity contribution in [2.24, 2.45) is 10.9 Å². The molecule has 2 fully saturated rings. The number of nitrogens with zero attached hydrogens (tertiary/aromatic N) is 2. The highest BCUT2D eigenvalue weighted by Gasteiger charge is 2.31. The fourth-order valence-corrected chi connectivity index (χ4v) is 4.55. The third-order valence-electron chi connectivity index (χ3n) is 6.14. The number of carbonyl (C=O) groups excluding carboxylic acids is 1. The Labute approximate surface area is 181 Å². The first-order chi connectivity index (χ1) is 12.8. The molecular weight excluding hydrogens is 451 g/mol. The lowest BCUT2D eigenvalue weighted by atomic mass is 9.88. The Morgan fingerprint density at radius 2 is 2.00 bits per heavy atom. The Morgan fingerprint density at radius 1 is 1.19 bits per heavy atom. The molecule has 3 aliphatic rings. The molecule has 2 N–H and O–H groups in total. The number of nitrogens with one attached hydrogen (secondary N) is 2. The third-order valence-corrected chi connectivity index (χ3v) is 6.14. The molecular formula is C21H37IN4O. The minimum atomic E-state index is 0. The maximum absolute atomic E-state index is 12.7. The van der Waals surface area contributed by atoms with Crippen LogP contribution in [0.5, 0.6) is 0 Å². The van der Waals surface area contributed by atoms with E-state index in [1.807, 2.05) is 7.05 Å². The minimum absolute atomic E-state index is 0. The van der Waals surface area contributed by atoms with Gasteiger partial charge in [-0.3, -0.25) is 9.79 Å². The molecule has 1 unspecified atom stereocenters. The molecule has 1 heterocycles. The maximum atomic E-state index is 12.7. The van der Waals surface area contributed by atoms with Crippen LogP contribution in [0.3, 0.4) is 0 Å². The Morgan fingerprint density at radius 3 is 2.70 bits per heavy atom. The van der Waals surface area contributed by atoms with E-state index in [1.165, 1.54) is 44.9 Å². The second-order valence-corrected chi connectivity index (χ2v) is 8.11. The van der Waals surface area contributed by atoms with Gasteiger partial charge in [0.25, 0.3) is 0 Å². The number of halogens is 1. The molecule has 0 aromatic heterocycles. The van der Waals surface area contributed by atoms with Crippen LogP contribution in [0.1, 0.15) is 70.6 Å². The summed E-state index contributed by atoms with van der Waals surface area (Å²) < 4.78 is 0. The number of guanidine groups is 1. The molecule has 0 spiro atoms. The highest BCUT2D eigenvalue weighted by Crippen LogP contribution is 2.26. The Hall–Kier alpha value is -0.790. The zero-order valence-electron chi connectivity index (χ0n) is 16.8. The first-order valence-corrected chi connectivity index (χ1v) is 10.7. The fourth-order valence-electron chi connectivity index (χ4n) is 4.55. The lowest BCUT2D eigenvalue weighted by Gasteiger charge is -2.26. The van der Waals surface area contributed by atoms with Crippen LogP contribution in [0.2, 0.25) is 0 Å². The SMILES string of the molecule is CN=C(NCCC1=CCCCC1)NC1CCN(C(=O)C2CCCCC2)C1.I. The maximum Gasteiger partial charge on any atom is 0.225 e. The molecule has 0 aromatic carbocycles. The zero-order chi connectivity index (χ0) is 18.2. The van der Waals surface area contributed by atoms with E-state index < -0.39 is 0 Å². The molecule has 154 valence electrons. The second kappa shape index (κ2) is 11.9. The summed E-state index contributed by atoms with van der Waals surface area (Å²) in [7, 11) is 1.83. The van der Waals surface area contributed by atoms with E-state index in [2.05, 4.69) is 26.6 Å². The summed E-state index contributed by atoms with van der Waals surface area (Å²) >= 11 is 0. The van der Waals surface area contributed by atoms with Crippen LogP contribution in [0.15, 0.2) is 16.6 Å². The van der Waals surface area contributed by atoms with Gasteiger partial charge in [0.1, 0.15) is 0 Å². The summed E-state index contributed by atoms with van der Waals surface area (Å²) in [5.41, 5.74) is 1.59. The summed E-state index contributed by atoms with van der Waals surface area (Å²) in [6.45, 7) is 2.64. The molecule has 1 saturated carbocycles. The van der Waals surface area contributed by atoms with Crippen molar-refractivity contribution in [3.8, 4) is 0 Å². The fraction of sp³-hybridized carbons (Fsp3) is 0.810. The van der Waals surface area contributed by atoms with Gasteiger partial charge in [0.15, 0.2) is 5.96 Å². The summed E-state index contributed by atoms with van der Waals surface area (Å²) in [6.07, 6.45) is 15.6. The van der Waals surface area contributed by atoms with Gasteiger partial charge in [-0.25, -0.2) is 0 Å². The van der Waals surface area contributed by atoms with Crippen molar-refractivity contribution in [1.29, 1.82) is 0 Å². The van der Waals surface area contributed by atoms with Gasteiger partial charge in [-0.15, -0.1) is 24.0 Å². The highest BCUT2D eigenvalue weighted by molar-refractivity contribution is 14.0. The van der Waals surface area contributed by atoms with Crippen molar-refractivity contribution < 1.29 is 4.79 Å². The van der Waals surface area contributed by atoms with E-state index in [9.17, 15) is 4.79 Å². The predicted molar refractivity (Wildman–Crippen MR) is 123 cm³/mol. The molecule has 0 aromatic rings. The Balaban J connectivity index is 0.00000261. The van der Waals surface area contributed by atoms with Crippen molar-refractivity contribution in [3.05, 3.63) is 11.6 Å². The first-order valence-electron chi connectivity index (χ1n) is 10.7. The van der Waals surface area contributed by atoms with Gasteiger partial charge in [0.2, 0.25) is 5.91 Å². The van der Waals surface area contributed by atoms with Gasteiger partial charge < -0.3 is 15.5 Å². The van der Waals surface area contributed by atoms with Crippen LogP contribution in [-0.2, 0) is 4.79 Å². The minimum Gasteiger partial charge on any atom is -0.356 e. The third kappa shape index (κ3) is 6.95. The van der Waals surface area contributed by atoms with E-state index in [0.29, 0.717) is 11.9 Å². The number of hydrogen-bond acceptors (Lipinski definition) is 2. The quantitative estimate of drug-likeness (QED) is 0.268. The van der Waals surface area contributed by atoms with E-state index >= 15 is 0 Å². The molecule has 0 radical (unpaired) electrons. The molecule has 1 atom stereocenters. The van der Waals surface area contributed by atoms with Crippen LogP contribution in [0, 0.1) is 5.92 Å². The number of carbonyl (C=O) groups is 1. The molecule has 0 bridgehead atoms. The average Bonchev–Trinajstić information content (AvgIpc) is 3.16. The second-order valence-electron chi connectivity index (χ2n) is 8.11. The topological polar surface area (TPSA) is 56.7 Å². The zero-order valence-corrected chi connectivity index (χ0v) is 19.2. The van der Waals surface area contributed by atoms with Gasteiger partial charge in [-0.1, -0.05) is 30.9 Å². The van der Waals surface area contributed by atoms with Gasteiger partial charge in [0, 0.05) is 38.6 Å². The molecule has 3 rings (SSSR count). The van der Waals surface area contributed by atoms with Crippen LogP contribution in [-0.4, -0.2) is 49.5 Å². The van der Waals surface area contributed by atoms with E-state index in [4.69, 9.17) is 0 Å². The van der Waals surface area contributed by atoms with E-state index in [0.717, 1.165) is 51.3 Å². The van der Waals surface area contributed by atoms with Crippen LogP contribution in [0.4, 0.5) is 0 Å². The number of aliphatic imine (C=N–C) groups is 1. The molecule has 1 aliphatic heterocycles. The number of likely N-dealkylation sites (tertiary alicyclic amines) is 1. The standard InChI is InChI=1S/C21H36N4O.HI/c1-22-21(23-14-12-17-8-4-2-5-9-17)24-19-13-15-25(16-19)20(26)18-10-6-3-7-11-18;/h8,18-19H,2-7,9-16H2,1H3,(H2,22,23,24);1H. The van der Waals surface area contributed by atoms with Gasteiger partial charge in [0.05, 0.1) is 0 Å². The highest BCUT2D eigenvalue weighted by atomic mass is 127.